The molecular formula is C13H15N3O4. The van der Waals surface area contributed by atoms with Crippen LogP contribution < -0.4 is 11.3 Å². The summed E-state index contributed by atoms with van der Waals surface area (Å²) in [6, 6.07) is 3.01. The van der Waals surface area contributed by atoms with E-state index >= 15 is 0 Å². The number of hydrazine groups is 1. The SMILES string of the molecule is CC1(C)C2C(=O)N(Cc3ccc(C(=O)NN)o3)C(=O)C21. The van der Waals surface area contributed by atoms with E-state index in [1.807, 2.05) is 19.3 Å². The summed E-state index contributed by atoms with van der Waals surface area (Å²) in [6.45, 7) is 3.90. The predicted octanol–water partition coefficient (Wildman–Crippen LogP) is 0.0241. The van der Waals surface area contributed by atoms with E-state index in [2.05, 4.69) is 0 Å². The number of carbonyl (C=O) groups excluding carboxylic acids is 3. The molecule has 1 aliphatic carbocycles. The van der Waals surface area contributed by atoms with E-state index in [1.54, 1.807) is 6.07 Å². The van der Waals surface area contributed by atoms with Crippen molar-refractivity contribution in [3.05, 3.63) is 23.7 Å². The number of furan rings is 1. The van der Waals surface area contributed by atoms with Crippen molar-refractivity contribution >= 4 is 17.7 Å². The molecule has 2 fully saturated rings. The van der Waals surface area contributed by atoms with Crippen LogP contribution in [0.25, 0.3) is 0 Å². The van der Waals surface area contributed by atoms with E-state index in [1.165, 1.54) is 11.0 Å². The monoisotopic (exact) mass is 277 g/mol. The first-order valence-corrected chi connectivity index (χ1v) is 6.33. The summed E-state index contributed by atoms with van der Waals surface area (Å²) < 4.78 is 5.26. The lowest BCUT2D eigenvalue weighted by molar-refractivity contribution is -0.144. The maximum absolute atomic E-state index is 12.1. The fraction of sp³-hybridized carbons (Fsp3) is 0.462. The summed E-state index contributed by atoms with van der Waals surface area (Å²) in [5, 5.41) is 0. The molecule has 3 amide bonds. The molecule has 7 heteroatoms. The zero-order chi connectivity index (χ0) is 14.7. The van der Waals surface area contributed by atoms with Gasteiger partial charge >= 0.3 is 5.91 Å². The summed E-state index contributed by atoms with van der Waals surface area (Å²) in [6.07, 6.45) is 0. The molecule has 1 aromatic heterocycles. The highest BCUT2D eigenvalue weighted by Gasteiger charge is 2.72. The maximum atomic E-state index is 12.1. The topological polar surface area (TPSA) is 106 Å². The van der Waals surface area contributed by atoms with E-state index < -0.39 is 5.91 Å². The number of nitrogens with one attached hydrogen (secondary N) is 1. The third kappa shape index (κ3) is 1.59. The van der Waals surface area contributed by atoms with E-state index in [0.717, 1.165) is 0 Å². The van der Waals surface area contributed by atoms with Crippen molar-refractivity contribution < 1.29 is 18.8 Å². The van der Waals surface area contributed by atoms with Gasteiger partial charge in [0.25, 0.3) is 0 Å². The van der Waals surface area contributed by atoms with Crippen LogP contribution in [-0.2, 0) is 16.1 Å². The number of nitrogen functional groups attached to an aromatic ring is 1. The average Bonchev–Trinajstić information content (AvgIpc) is 2.74. The Morgan fingerprint density at radius 3 is 2.50 bits per heavy atom. The van der Waals surface area contributed by atoms with E-state index in [9.17, 15) is 14.4 Å². The van der Waals surface area contributed by atoms with Gasteiger partial charge < -0.3 is 4.42 Å². The highest BCUT2D eigenvalue weighted by Crippen LogP contribution is 2.63. The fourth-order valence-electron chi connectivity index (χ4n) is 2.97. The molecule has 3 N–H and O–H groups in total. The van der Waals surface area contributed by atoms with Crippen molar-refractivity contribution in [2.24, 2.45) is 23.1 Å². The number of rotatable bonds is 3. The number of likely N-dealkylation sites (tertiary alicyclic amines) is 1. The molecule has 0 bridgehead atoms. The Bertz CT molecular complexity index is 595. The van der Waals surface area contributed by atoms with Gasteiger partial charge in [0.2, 0.25) is 11.8 Å². The Morgan fingerprint density at radius 2 is 1.95 bits per heavy atom. The molecule has 0 radical (unpaired) electrons. The van der Waals surface area contributed by atoms with Crippen LogP contribution in [0.15, 0.2) is 16.5 Å². The minimum absolute atomic E-state index is 0.0482. The summed E-state index contributed by atoms with van der Waals surface area (Å²) >= 11 is 0. The van der Waals surface area contributed by atoms with Crippen molar-refractivity contribution in [1.82, 2.24) is 10.3 Å². The minimum atomic E-state index is -0.556. The van der Waals surface area contributed by atoms with Crippen LogP contribution in [0.2, 0.25) is 0 Å². The van der Waals surface area contributed by atoms with Crippen LogP contribution in [-0.4, -0.2) is 22.6 Å². The Hall–Kier alpha value is -2.15. The van der Waals surface area contributed by atoms with Gasteiger partial charge in [0.05, 0.1) is 18.4 Å². The molecule has 106 valence electrons. The van der Waals surface area contributed by atoms with Gasteiger partial charge in [-0.25, -0.2) is 5.84 Å². The summed E-state index contributed by atoms with van der Waals surface area (Å²) in [5.74, 6) is 4.12. The number of fused-ring (bicyclic) bond motifs is 1. The first-order valence-electron chi connectivity index (χ1n) is 6.33. The fourth-order valence-corrected chi connectivity index (χ4v) is 2.97. The van der Waals surface area contributed by atoms with E-state index in [-0.39, 0.29) is 41.4 Å². The van der Waals surface area contributed by atoms with Crippen LogP contribution in [0.1, 0.15) is 30.2 Å². The smallest absolute Gasteiger partial charge is 0.300 e. The van der Waals surface area contributed by atoms with Crippen molar-refractivity contribution in [3.63, 3.8) is 0 Å². The molecule has 7 nitrogen and oxygen atoms in total. The lowest BCUT2D eigenvalue weighted by Crippen LogP contribution is -2.35. The number of hydrogen-bond acceptors (Lipinski definition) is 5. The minimum Gasteiger partial charge on any atom is -0.454 e. The molecule has 1 aromatic rings. The lowest BCUT2D eigenvalue weighted by atomic mass is 10.1. The van der Waals surface area contributed by atoms with E-state index in [4.69, 9.17) is 10.3 Å². The number of imide groups is 1. The van der Waals surface area contributed by atoms with Crippen LogP contribution in [0.4, 0.5) is 0 Å². The first-order chi connectivity index (χ1) is 9.37. The van der Waals surface area contributed by atoms with Crippen molar-refractivity contribution in [2.45, 2.75) is 20.4 Å². The number of nitrogens with two attached hydrogens (primary N) is 1. The van der Waals surface area contributed by atoms with Gasteiger partial charge in [0.15, 0.2) is 5.76 Å². The second kappa shape index (κ2) is 3.92. The molecule has 1 saturated heterocycles. The van der Waals surface area contributed by atoms with Crippen molar-refractivity contribution in [1.29, 1.82) is 0 Å². The van der Waals surface area contributed by atoms with Crippen LogP contribution in [0.5, 0.6) is 0 Å². The lowest BCUT2D eigenvalue weighted by Gasteiger charge is -2.19. The molecule has 2 unspecified atom stereocenters. The van der Waals surface area contributed by atoms with Crippen molar-refractivity contribution in [3.8, 4) is 0 Å². The molecule has 2 atom stereocenters. The third-order valence-electron chi connectivity index (χ3n) is 4.22. The quantitative estimate of drug-likeness (QED) is 0.351. The molecule has 20 heavy (non-hydrogen) atoms. The molecule has 1 saturated carbocycles. The Kier molecular flexibility index (Phi) is 2.52. The number of amides is 3. The summed E-state index contributed by atoms with van der Waals surface area (Å²) in [7, 11) is 0. The van der Waals surface area contributed by atoms with Crippen LogP contribution in [0, 0.1) is 17.3 Å². The standard InChI is InChI=1S/C13H15N3O4/c1-13(2)8-9(13)12(19)16(11(8)18)5-6-3-4-7(20-6)10(17)15-14/h3-4,8-9H,5,14H2,1-2H3,(H,15,17). The van der Waals surface area contributed by atoms with Gasteiger partial charge in [0.1, 0.15) is 5.76 Å². The highest BCUT2D eigenvalue weighted by molar-refractivity contribution is 6.10. The van der Waals surface area contributed by atoms with E-state index in [0.29, 0.717) is 5.76 Å². The molecule has 1 aliphatic heterocycles. The number of nitrogens with zero attached hydrogens (tertiary/aromatic N) is 1. The van der Waals surface area contributed by atoms with Gasteiger partial charge in [-0.15, -0.1) is 0 Å². The number of piperidine rings is 1. The predicted molar refractivity (Wildman–Crippen MR) is 66.7 cm³/mol. The van der Waals surface area contributed by atoms with Crippen molar-refractivity contribution in [2.75, 3.05) is 0 Å². The number of carbonyl (C=O) groups is 3. The molecule has 2 aliphatic rings. The van der Waals surface area contributed by atoms with Gasteiger partial charge in [0, 0.05) is 0 Å². The normalized spacial score (nSPS) is 26.6. The second-order valence-corrected chi connectivity index (χ2v) is 5.78. The Labute approximate surface area is 115 Å². The molecule has 2 heterocycles. The van der Waals surface area contributed by atoms with Gasteiger partial charge in [-0.1, -0.05) is 13.8 Å². The van der Waals surface area contributed by atoms with Gasteiger partial charge in [-0.05, 0) is 17.5 Å². The largest absolute Gasteiger partial charge is 0.454 e. The third-order valence-corrected chi connectivity index (χ3v) is 4.22. The zero-order valence-corrected chi connectivity index (χ0v) is 11.2. The first kappa shape index (κ1) is 12.9. The molecule has 0 spiro atoms. The second-order valence-electron chi connectivity index (χ2n) is 5.78. The summed E-state index contributed by atoms with van der Waals surface area (Å²) in [5.41, 5.74) is 1.73. The summed E-state index contributed by atoms with van der Waals surface area (Å²) in [4.78, 5) is 36.7. The Morgan fingerprint density at radius 1 is 1.35 bits per heavy atom. The molecule has 3 rings (SSSR count). The highest BCUT2D eigenvalue weighted by atomic mass is 16.4. The Balaban J connectivity index is 1.74. The zero-order valence-electron chi connectivity index (χ0n) is 11.2. The maximum Gasteiger partial charge on any atom is 0.300 e. The number of hydrogen-bond donors (Lipinski definition) is 2. The molecular weight excluding hydrogens is 262 g/mol. The van der Waals surface area contributed by atoms with Gasteiger partial charge in [-0.2, -0.15) is 0 Å². The van der Waals surface area contributed by atoms with Gasteiger partial charge in [-0.3, -0.25) is 24.7 Å². The van der Waals surface area contributed by atoms with Crippen LogP contribution in [0.3, 0.4) is 0 Å². The molecule has 0 aromatic carbocycles. The average molecular weight is 277 g/mol. The van der Waals surface area contributed by atoms with Crippen LogP contribution >= 0.6 is 0 Å².